The van der Waals surface area contributed by atoms with Gasteiger partial charge in [0.2, 0.25) is 0 Å². The molecule has 2 rings (SSSR count). The van der Waals surface area contributed by atoms with E-state index in [0.29, 0.717) is 4.99 Å². The summed E-state index contributed by atoms with van der Waals surface area (Å²) in [6.07, 6.45) is 1.12. The number of nitrogens with two attached hydrogens (primary N) is 1. The molecule has 5 heteroatoms. The van der Waals surface area contributed by atoms with E-state index in [1.54, 1.807) is 0 Å². The maximum Gasteiger partial charge on any atom is 0.408 e. The molecule has 0 spiro atoms. The molecule has 1 saturated carbocycles. The zero-order chi connectivity index (χ0) is 12.3. The normalized spacial score (nSPS) is 16.0. The van der Waals surface area contributed by atoms with E-state index in [2.05, 4.69) is 5.32 Å². The number of hydrogen-bond acceptors (Lipinski definition) is 3. The second-order valence-corrected chi connectivity index (χ2v) is 4.57. The van der Waals surface area contributed by atoms with Crippen LogP contribution in [0.2, 0.25) is 0 Å². The van der Waals surface area contributed by atoms with Crippen LogP contribution < -0.4 is 11.1 Å². The number of benzene rings is 1. The predicted octanol–water partition coefficient (Wildman–Crippen LogP) is 1.73. The molecule has 0 atom stereocenters. The van der Waals surface area contributed by atoms with Gasteiger partial charge in [-0.25, -0.2) is 4.79 Å². The average molecular weight is 250 g/mol. The third-order valence-corrected chi connectivity index (χ3v) is 3.17. The first-order valence-electron chi connectivity index (χ1n) is 5.41. The lowest BCUT2D eigenvalue weighted by Gasteiger charge is -2.15. The number of nitrogens with one attached hydrogen (secondary N) is 1. The molecule has 0 aliphatic heterocycles. The molecule has 1 fully saturated rings. The van der Waals surface area contributed by atoms with Crippen molar-refractivity contribution in [2.24, 2.45) is 5.73 Å². The molecule has 90 valence electrons. The highest BCUT2D eigenvalue weighted by Gasteiger charge is 2.47. The van der Waals surface area contributed by atoms with Crippen molar-refractivity contribution in [1.29, 1.82) is 0 Å². The lowest BCUT2D eigenvalue weighted by molar-refractivity contribution is 0.137. The van der Waals surface area contributed by atoms with Crippen LogP contribution in [-0.2, 0) is 11.3 Å². The Morgan fingerprint density at radius 2 is 2.06 bits per heavy atom. The number of rotatable bonds is 4. The first kappa shape index (κ1) is 11.9. The quantitative estimate of drug-likeness (QED) is 0.799. The third-order valence-electron chi connectivity index (χ3n) is 2.78. The monoisotopic (exact) mass is 250 g/mol. The van der Waals surface area contributed by atoms with E-state index >= 15 is 0 Å². The number of hydrogen-bond donors (Lipinski definition) is 2. The van der Waals surface area contributed by atoms with E-state index in [1.807, 2.05) is 30.3 Å². The molecule has 1 aromatic rings. The number of carbonyl (C=O) groups excluding carboxylic acids is 1. The fourth-order valence-electron chi connectivity index (χ4n) is 1.51. The van der Waals surface area contributed by atoms with Gasteiger partial charge in [-0.15, -0.1) is 0 Å². The van der Waals surface area contributed by atoms with Gasteiger partial charge in [-0.2, -0.15) is 0 Å². The molecule has 0 bridgehead atoms. The molecule has 3 N–H and O–H groups in total. The van der Waals surface area contributed by atoms with Crippen molar-refractivity contribution in [1.82, 2.24) is 5.32 Å². The second-order valence-electron chi connectivity index (χ2n) is 4.13. The molecule has 17 heavy (non-hydrogen) atoms. The van der Waals surface area contributed by atoms with Crippen molar-refractivity contribution >= 4 is 23.3 Å². The minimum atomic E-state index is -0.497. The lowest BCUT2D eigenvalue weighted by Crippen LogP contribution is -2.45. The van der Waals surface area contributed by atoms with Gasteiger partial charge >= 0.3 is 6.09 Å². The minimum Gasteiger partial charge on any atom is -0.445 e. The summed E-state index contributed by atoms with van der Waals surface area (Å²) in [6, 6.07) is 9.50. The number of ether oxygens (including phenoxy) is 1. The highest BCUT2D eigenvalue weighted by atomic mass is 32.1. The molecule has 0 saturated heterocycles. The molecule has 0 heterocycles. The van der Waals surface area contributed by atoms with Crippen LogP contribution in [-0.4, -0.2) is 16.6 Å². The molecule has 1 amide bonds. The van der Waals surface area contributed by atoms with Crippen molar-refractivity contribution in [3.8, 4) is 0 Å². The zero-order valence-electron chi connectivity index (χ0n) is 9.31. The van der Waals surface area contributed by atoms with Gasteiger partial charge in [-0.05, 0) is 18.4 Å². The van der Waals surface area contributed by atoms with Crippen molar-refractivity contribution < 1.29 is 9.53 Å². The minimum absolute atomic E-state index is 0.250. The summed E-state index contributed by atoms with van der Waals surface area (Å²) in [4.78, 5) is 11.9. The van der Waals surface area contributed by atoms with Gasteiger partial charge < -0.3 is 15.8 Å². The molecule has 0 radical (unpaired) electrons. The van der Waals surface area contributed by atoms with Gasteiger partial charge in [-0.3, -0.25) is 0 Å². The van der Waals surface area contributed by atoms with Gasteiger partial charge in [0.25, 0.3) is 0 Å². The molecule has 1 aromatic carbocycles. The van der Waals surface area contributed by atoms with Crippen molar-refractivity contribution in [3.63, 3.8) is 0 Å². The van der Waals surface area contributed by atoms with E-state index in [9.17, 15) is 4.79 Å². The van der Waals surface area contributed by atoms with E-state index < -0.39 is 11.6 Å². The predicted molar refractivity (Wildman–Crippen MR) is 68.5 cm³/mol. The first-order chi connectivity index (χ1) is 8.12. The van der Waals surface area contributed by atoms with Crippen LogP contribution in [0.4, 0.5) is 4.79 Å². The van der Waals surface area contributed by atoms with Crippen LogP contribution in [0.1, 0.15) is 18.4 Å². The van der Waals surface area contributed by atoms with Crippen LogP contribution in [0, 0.1) is 0 Å². The number of carbonyl (C=O) groups is 1. The van der Waals surface area contributed by atoms with Crippen LogP contribution in [0.3, 0.4) is 0 Å². The molecule has 0 unspecified atom stereocenters. The van der Waals surface area contributed by atoms with Crippen LogP contribution in [0.25, 0.3) is 0 Å². The van der Waals surface area contributed by atoms with Gasteiger partial charge in [0, 0.05) is 0 Å². The maximum absolute atomic E-state index is 11.5. The van der Waals surface area contributed by atoms with Gasteiger partial charge in [0.05, 0.1) is 10.5 Å². The number of alkyl carbamates (subject to hydrolysis) is 1. The smallest absolute Gasteiger partial charge is 0.408 e. The summed E-state index contributed by atoms with van der Waals surface area (Å²) in [6.45, 7) is 0.250. The molecule has 0 aromatic heterocycles. The second kappa shape index (κ2) is 4.71. The van der Waals surface area contributed by atoms with E-state index in [-0.39, 0.29) is 6.61 Å². The van der Waals surface area contributed by atoms with E-state index in [0.717, 1.165) is 18.4 Å². The summed E-state index contributed by atoms with van der Waals surface area (Å²) in [5.41, 5.74) is 6.00. The van der Waals surface area contributed by atoms with E-state index in [1.165, 1.54) is 0 Å². The number of amides is 1. The lowest BCUT2D eigenvalue weighted by atomic mass is 10.2. The van der Waals surface area contributed by atoms with Crippen LogP contribution in [0.5, 0.6) is 0 Å². The van der Waals surface area contributed by atoms with Gasteiger partial charge in [0.15, 0.2) is 0 Å². The Labute approximate surface area is 105 Å². The average Bonchev–Trinajstić information content (AvgIpc) is 3.09. The summed E-state index contributed by atoms with van der Waals surface area (Å²) >= 11 is 4.90. The van der Waals surface area contributed by atoms with Crippen molar-refractivity contribution in [2.75, 3.05) is 0 Å². The first-order valence-corrected chi connectivity index (χ1v) is 5.82. The summed E-state index contributed by atoms with van der Waals surface area (Å²) in [5, 5.41) is 2.71. The maximum atomic E-state index is 11.5. The third kappa shape index (κ3) is 2.94. The Morgan fingerprint density at radius 3 is 2.59 bits per heavy atom. The Bertz CT molecular complexity index is 429. The summed E-state index contributed by atoms with van der Waals surface area (Å²) < 4.78 is 5.09. The fourth-order valence-corrected chi connectivity index (χ4v) is 1.77. The largest absolute Gasteiger partial charge is 0.445 e. The van der Waals surface area contributed by atoms with Crippen molar-refractivity contribution in [3.05, 3.63) is 35.9 Å². The highest BCUT2D eigenvalue weighted by Crippen LogP contribution is 2.35. The molecule has 1 aliphatic rings. The van der Waals surface area contributed by atoms with Crippen LogP contribution in [0.15, 0.2) is 30.3 Å². The Morgan fingerprint density at radius 1 is 1.41 bits per heavy atom. The topological polar surface area (TPSA) is 64.3 Å². The van der Waals surface area contributed by atoms with E-state index in [4.69, 9.17) is 22.7 Å². The SMILES string of the molecule is NC(=S)C1(NC(=O)OCc2ccccc2)CC1. The molecule has 4 nitrogen and oxygen atoms in total. The fraction of sp³-hybridized carbons (Fsp3) is 0.333. The molecular formula is C12H14N2O2S. The van der Waals surface area contributed by atoms with Gasteiger partial charge in [-0.1, -0.05) is 42.5 Å². The van der Waals surface area contributed by atoms with Gasteiger partial charge in [0.1, 0.15) is 6.61 Å². The summed E-state index contributed by atoms with van der Waals surface area (Å²) in [5.74, 6) is 0. The Balaban J connectivity index is 1.81. The molecular weight excluding hydrogens is 236 g/mol. The number of thiocarbonyl (C=S) groups is 1. The standard InChI is InChI=1S/C12H14N2O2S/c13-10(17)12(6-7-12)14-11(15)16-8-9-4-2-1-3-5-9/h1-5H,6-8H2,(H2,13,17)(H,14,15). The Hall–Kier alpha value is -1.62. The Kier molecular flexibility index (Phi) is 3.28. The summed E-state index contributed by atoms with van der Waals surface area (Å²) in [7, 11) is 0. The highest BCUT2D eigenvalue weighted by molar-refractivity contribution is 7.80. The zero-order valence-corrected chi connectivity index (χ0v) is 10.1. The molecule has 1 aliphatic carbocycles. The van der Waals surface area contributed by atoms with Crippen LogP contribution >= 0.6 is 12.2 Å². The van der Waals surface area contributed by atoms with Crippen molar-refractivity contribution in [2.45, 2.75) is 25.0 Å².